The van der Waals surface area contributed by atoms with Crippen LogP contribution in [0.1, 0.15) is 31.2 Å². The van der Waals surface area contributed by atoms with Crippen LogP contribution in [0.25, 0.3) is 0 Å². The molecule has 0 bridgehead atoms. The topological polar surface area (TPSA) is 26.0 Å². The molecule has 0 atom stereocenters. The summed E-state index contributed by atoms with van der Waals surface area (Å²) in [5, 5.41) is 0. The predicted molar refractivity (Wildman–Crippen MR) is 62.5 cm³/mol. The van der Waals surface area contributed by atoms with Crippen LogP contribution in [0.5, 0.6) is 0 Å². The number of benzene rings is 1. The fourth-order valence-corrected chi connectivity index (χ4v) is 2.82. The molecular formula is C12H15F2NS. The second-order valence-corrected chi connectivity index (χ2v) is 5.18. The van der Waals surface area contributed by atoms with E-state index < -0.39 is 5.54 Å². The maximum Gasteiger partial charge on any atom is 0.137 e. The zero-order valence-corrected chi connectivity index (χ0v) is 10.0. The summed E-state index contributed by atoms with van der Waals surface area (Å²) < 4.78 is 27.5. The highest BCUT2D eigenvalue weighted by atomic mass is 32.2. The molecule has 0 aromatic heterocycles. The van der Waals surface area contributed by atoms with Crippen molar-refractivity contribution in [3.05, 3.63) is 29.3 Å². The summed E-state index contributed by atoms with van der Waals surface area (Å²) >= 11 is 1.20. The first-order valence-corrected chi connectivity index (χ1v) is 6.62. The molecule has 16 heavy (non-hydrogen) atoms. The molecule has 88 valence electrons. The third-order valence-corrected chi connectivity index (χ3v) is 4.03. The van der Waals surface area contributed by atoms with Gasteiger partial charge < -0.3 is 5.73 Å². The Hall–Kier alpha value is -0.610. The summed E-state index contributed by atoms with van der Waals surface area (Å²) in [6, 6.07) is 2.52. The maximum atomic E-state index is 13.9. The summed E-state index contributed by atoms with van der Waals surface area (Å²) in [7, 11) is 0. The van der Waals surface area contributed by atoms with Gasteiger partial charge in [0.05, 0.1) is 0 Å². The highest BCUT2D eigenvalue weighted by Gasteiger charge is 2.34. The molecule has 0 amide bonds. The lowest BCUT2D eigenvalue weighted by molar-refractivity contribution is 0.426. The predicted octanol–water partition coefficient (Wildman–Crippen LogP) is 3.41. The number of hydrogen-bond donors (Lipinski definition) is 1. The highest BCUT2D eigenvalue weighted by molar-refractivity contribution is 7.98. The maximum absolute atomic E-state index is 13.9. The van der Waals surface area contributed by atoms with E-state index in [0.717, 1.165) is 25.7 Å². The van der Waals surface area contributed by atoms with Crippen LogP contribution in [-0.4, -0.2) is 6.26 Å². The largest absolute Gasteiger partial charge is 0.321 e. The number of nitrogens with two attached hydrogens (primary N) is 1. The van der Waals surface area contributed by atoms with E-state index >= 15 is 0 Å². The molecule has 1 saturated carbocycles. The van der Waals surface area contributed by atoms with E-state index in [1.807, 2.05) is 0 Å². The Kier molecular flexibility index (Phi) is 3.22. The summed E-state index contributed by atoms with van der Waals surface area (Å²) in [5.74, 6) is -0.754. The van der Waals surface area contributed by atoms with Crippen molar-refractivity contribution in [3.8, 4) is 0 Å². The van der Waals surface area contributed by atoms with Crippen molar-refractivity contribution >= 4 is 11.8 Å². The summed E-state index contributed by atoms with van der Waals surface area (Å²) in [4.78, 5) is 0.336. The summed E-state index contributed by atoms with van der Waals surface area (Å²) in [5.41, 5.74) is 5.80. The first-order valence-electron chi connectivity index (χ1n) is 5.39. The number of rotatable bonds is 2. The molecule has 0 spiro atoms. The minimum atomic E-state index is -0.665. The van der Waals surface area contributed by atoms with Gasteiger partial charge in [0, 0.05) is 16.0 Å². The number of halogens is 2. The number of hydrogen-bond acceptors (Lipinski definition) is 2. The Morgan fingerprint density at radius 3 is 2.38 bits per heavy atom. The lowest BCUT2D eigenvalue weighted by Gasteiger charge is -2.25. The standard InChI is InChI=1S/C12H15F2NS/c1-16-11-7-9(13)8(6-10(11)14)12(15)4-2-3-5-12/h6-7H,2-5,15H2,1H3. The zero-order valence-electron chi connectivity index (χ0n) is 9.22. The minimum absolute atomic E-state index is 0.334. The van der Waals surface area contributed by atoms with E-state index in [2.05, 4.69) is 0 Å². The van der Waals surface area contributed by atoms with Crippen LogP contribution in [-0.2, 0) is 5.54 Å². The van der Waals surface area contributed by atoms with E-state index in [1.165, 1.54) is 23.9 Å². The van der Waals surface area contributed by atoms with Crippen molar-refractivity contribution in [2.45, 2.75) is 36.1 Å². The van der Waals surface area contributed by atoms with Crippen LogP contribution < -0.4 is 5.73 Å². The number of thioether (sulfide) groups is 1. The van der Waals surface area contributed by atoms with Gasteiger partial charge in [0.15, 0.2) is 0 Å². The van der Waals surface area contributed by atoms with E-state index in [0.29, 0.717) is 10.5 Å². The van der Waals surface area contributed by atoms with Gasteiger partial charge in [0.25, 0.3) is 0 Å². The SMILES string of the molecule is CSc1cc(F)c(C2(N)CCCC2)cc1F. The minimum Gasteiger partial charge on any atom is -0.321 e. The van der Waals surface area contributed by atoms with E-state index in [9.17, 15) is 8.78 Å². The van der Waals surface area contributed by atoms with Gasteiger partial charge in [-0.05, 0) is 31.2 Å². The van der Waals surface area contributed by atoms with Gasteiger partial charge in [-0.2, -0.15) is 0 Å². The van der Waals surface area contributed by atoms with Crippen molar-refractivity contribution in [2.75, 3.05) is 6.26 Å². The van der Waals surface area contributed by atoms with Gasteiger partial charge in [-0.15, -0.1) is 11.8 Å². The van der Waals surface area contributed by atoms with Gasteiger partial charge in [-0.25, -0.2) is 8.78 Å². The zero-order chi connectivity index (χ0) is 11.8. The molecule has 1 aromatic carbocycles. The molecule has 0 saturated heterocycles. The fraction of sp³-hybridized carbons (Fsp3) is 0.500. The smallest absolute Gasteiger partial charge is 0.137 e. The van der Waals surface area contributed by atoms with Gasteiger partial charge in [-0.1, -0.05) is 12.8 Å². The van der Waals surface area contributed by atoms with Crippen molar-refractivity contribution in [2.24, 2.45) is 5.73 Å². The van der Waals surface area contributed by atoms with Crippen LogP contribution in [0, 0.1) is 11.6 Å². The Morgan fingerprint density at radius 2 is 1.81 bits per heavy atom. The van der Waals surface area contributed by atoms with E-state index in [4.69, 9.17) is 5.73 Å². The lowest BCUT2D eigenvalue weighted by atomic mass is 9.89. The second kappa shape index (κ2) is 4.34. The summed E-state index contributed by atoms with van der Waals surface area (Å²) in [6.07, 6.45) is 5.18. The third kappa shape index (κ3) is 1.96. The first kappa shape index (κ1) is 11.9. The van der Waals surface area contributed by atoms with Crippen LogP contribution in [0.4, 0.5) is 8.78 Å². The molecule has 1 fully saturated rings. The second-order valence-electron chi connectivity index (χ2n) is 4.33. The Morgan fingerprint density at radius 1 is 1.19 bits per heavy atom. The van der Waals surface area contributed by atoms with Gasteiger partial charge in [-0.3, -0.25) is 0 Å². The average Bonchev–Trinajstić information content (AvgIpc) is 2.69. The molecule has 2 rings (SSSR count). The molecule has 0 heterocycles. The Labute approximate surface area is 98.4 Å². The highest BCUT2D eigenvalue weighted by Crippen LogP contribution is 2.38. The van der Waals surface area contributed by atoms with Gasteiger partial charge in [0.1, 0.15) is 11.6 Å². The monoisotopic (exact) mass is 243 g/mol. The van der Waals surface area contributed by atoms with Crippen LogP contribution in [0.15, 0.2) is 17.0 Å². The molecule has 4 heteroatoms. The average molecular weight is 243 g/mol. The van der Waals surface area contributed by atoms with Crippen molar-refractivity contribution in [3.63, 3.8) is 0 Å². The van der Waals surface area contributed by atoms with Crippen LogP contribution >= 0.6 is 11.8 Å². The molecule has 1 aromatic rings. The molecule has 0 radical (unpaired) electrons. The molecule has 1 nitrogen and oxygen atoms in total. The van der Waals surface area contributed by atoms with Crippen molar-refractivity contribution in [1.29, 1.82) is 0 Å². The fourth-order valence-electron chi connectivity index (χ4n) is 2.34. The van der Waals surface area contributed by atoms with E-state index in [-0.39, 0.29) is 11.6 Å². The van der Waals surface area contributed by atoms with E-state index in [1.54, 1.807) is 6.26 Å². The Balaban J connectivity index is 2.45. The van der Waals surface area contributed by atoms with Gasteiger partial charge in [0.2, 0.25) is 0 Å². The summed E-state index contributed by atoms with van der Waals surface area (Å²) in [6.45, 7) is 0. The van der Waals surface area contributed by atoms with Crippen molar-refractivity contribution in [1.82, 2.24) is 0 Å². The molecule has 1 aliphatic carbocycles. The molecule has 0 aliphatic heterocycles. The Bertz CT molecular complexity index is 400. The quantitative estimate of drug-likeness (QED) is 0.805. The van der Waals surface area contributed by atoms with Crippen LogP contribution in [0.3, 0.4) is 0 Å². The lowest BCUT2D eigenvalue weighted by Crippen LogP contribution is -2.34. The molecule has 1 aliphatic rings. The molecule has 2 N–H and O–H groups in total. The first-order chi connectivity index (χ1) is 7.57. The van der Waals surface area contributed by atoms with Crippen molar-refractivity contribution < 1.29 is 8.78 Å². The normalized spacial score (nSPS) is 19.0. The molecular weight excluding hydrogens is 228 g/mol. The van der Waals surface area contributed by atoms with Crippen LogP contribution in [0.2, 0.25) is 0 Å². The molecule has 0 unspecified atom stereocenters. The van der Waals surface area contributed by atoms with Gasteiger partial charge >= 0.3 is 0 Å². The third-order valence-electron chi connectivity index (χ3n) is 3.27.